The molecule has 1 aliphatic heterocycles. The van der Waals surface area contributed by atoms with Crippen molar-refractivity contribution < 1.29 is 13.2 Å². The topological polar surface area (TPSA) is 29.3 Å². The maximum atomic E-state index is 12.6. The highest BCUT2D eigenvalue weighted by Gasteiger charge is 2.32. The van der Waals surface area contributed by atoms with Gasteiger partial charge in [0.15, 0.2) is 0 Å². The first-order chi connectivity index (χ1) is 8.93. The summed E-state index contributed by atoms with van der Waals surface area (Å²) in [5.41, 5.74) is 6.11. The standard InChI is InChI=1S/C14H19F3N2/c1-19-8-2-3-11(9-18)13(19)10-4-6-12(7-5-10)14(15,16)17/h4-7,11,13H,2-3,8-9,18H2,1H3/t11-,13+/m1/s1. The molecule has 1 saturated heterocycles. The number of likely N-dealkylation sites (tertiary alicyclic amines) is 1. The number of hydrogen-bond donors (Lipinski definition) is 1. The minimum absolute atomic E-state index is 0.126. The summed E-state index contributed by atoms with van der Waals surface area (Å²) >= 11 is 0. The molecule has 19 heavy (non-hydrogen) atoms. The highest BCUT2D eigenvalue weighted by atomic mass is 19.4. The molecule has 106 valence electrons. The molecule has 1 heterocycles. The van der Waals surface area contributed by atoms with Gasteiger partial charge in [-0.1, -0.05) is 12.1 Å². The van der Waals surface area contributed by atoms with E-state index in [2.05, 4.69) is 4.90 Å². The Morgan fingerprint density at radius 3 is 2.42 bits per heavy atom. The van der Waals surface area contributed by atoms with E-state index in [-0.39, 0.29) is 6.04 Å². The highest BCUT2D eigenvalue weighted by Crippen LogP contribution is 2.36. The lowest BCUT2D eigenvalue weighted by molar-refractivity contribution is -0.137. The van der Waals surface area contributed by atoms with Gasteiger partial charge in [-0.15, -0.1) is 0 Å². The van der Waals surface area contributed by atoms with Crippen molar-refractivity contribution in [1.82, 2.24) is 4.90 Å². The van der Waals surface area contributed by atoms with Crippen LogP contribution in [0.3, 0.4) is 0 Å². The van der Waals surface area contributed by atoms with E-state index in [0.29, 0.717) is 12.5 Å². The number of halogens is 3. The van der Waals surface area contributed by atoms with Crippen molar-refractivity contribution in [3.63, 3.8) is 0 Å². The first kappa shape index (κ1) is 14.3. The van der Waals surface area contributed by atoms with Gasteiger partial charge in [-0.2, -0.15) is 13.2 Å². The second-order valence-electron chi connectivity index (χ2n) is 5.18. The molecule has 1 aliphatic rings. The molecule has 1 aromatic rings. The third-order valence-electron chi connectivity index (χ3n) is 3.89. The van der Waals surface area contributed by atoms with Crippen molar-refractivity contribution in [2.24, 2.45) is 11.7 Å². The second kappa shape index (κ2) is 5.51. The Kier molecular flexibility index (Phi) is 4.16. The van der Waals surface area contributed by atoms with E-state index in [0.717, 1.165) is 37.1 Å². The van der Waals surface area contributed by atoms with E-state index < -0.39 is 11.7 Å². The molecule has 5 heteroatoms. The van der Waals surface area contributed by atoms with E-state index in [1.165, 1.54) is 0 Å². The lowest BCUT2D eigenvalue weighted by atomic mass is 9.85. The number of nitrogens with zero attached hydrogens (tertiary/aromatic N) is 1. The van der Waals surface area contributed by atoms with Crippen LogP contribution in [0.5, 0.6) is 0 Å². The van der Waals surface area contributed by atoms with E-state index in [9.17, 15) is 13.2 Å². The molecular formula is C14H19F3N2. The summed E-state index contributed by atoms with van der Waals surface area (Å²) in [5, 5.41) is 0. The maximum Gasteiger partial charge on any atom is 0.416 e. The summed E-state index contributed by atoms with van der Waals surface area (Å²) in [7, 11) is 2.00. The van der Waals surface area contributed by atoms with E-state index >= 15 is 0 Å². The summed E-state index contributed by atoms with van der Waals surface area (Å²) in [6, 6.07) is 5.60. The summed E-state index contributed by atoms with van der Waals surface area (Å²) in [6.45, 7) is 1.53. The second-order valence-corrected chi connectivity index (χ2v) is 5.18. The predicted octanol–water partition coefficient (Wildman–Crippen LogP) is 3.05. The number of alkyl halides is 3. The van der Waals surface area contributed by atoms with Crippen LogP contribution >= 0.6 is 0 Å². The Bertz CT molecular complexity index is 414. The van der Waals surface area contributed by atoms with E-state index in [4.69, 9.17) is 5.73 Å². The molecule has 0 spiro atoms. The minimum atomic E-state index is -4.27. The molecule has 2 nitrogen and oxygen atoms in total. The molecule has 2 rings (SSSR count). The van der Waals surface area contributed by atoms with Crippen LogP contribution in [0.25, 0.3) is 0 Å². The third-order valence-corrected chi connectivity index (χ3v) is 3.89. The van der Waals surface area contributed by atoms with Crippen LogP contribution in [0.1, 0.15) is 30.0 Å². The zero-order chi connectivity index (χ0) is 14.0. The SMILES string of the molecule is CN1CCC[C@H](CN)[C@@H]1c1ccc(C(F)(F)F)cc1. The van der Waals surface area contributed by atoms with Crippen LogP contribution in [-0.2, 0) is 6.18 Å². The maximum absolute atomic E-state index is 12.6. The minimum Gasteiger partial charge on any atom is -0.330 e. The number of nitrogens with two attached hydrogens (primary N) is 1. The van der Waals surface area contributed by atoms with Gasteiger partial charge >= 0.3 is 6.18 Å². The molecule has 1 fully saturated rings. The molecular weight excluding hydrogens is 253 g/mol. The van der Waals surface area contributed by atoms with Gasteiger partial charge in [-0.25, -0.2) is 0 Å². The van der Waals surface area contributed by atoms with Crippen molar-refractivity contribution in [3.05, 3.63) is 35.4 Å². The van der Waals surface area contributed by atoms with E-state index in [1.807, 2.05) is 7.05 Å². The largest absolute Gasteiger partial charge is 0.416 e. The van der Waals surface area contributed by atoms with Crippen molar-refractivity contribution in [2.75, 3.05) is 20.1 Å². The fourth-order valence-electron chi connectivity index (χ4n) is 2.90. The summed E-state index contributed by atoms with van der Waals surface area (Å²) in [6.07, 6.45) is -2.15. The molecule has 2 atom stereocenters. The van der Waals surface area contributed by atoms with Gasteiger partial charge in [0, 0.05) is 6.04 Å². The Morgan fingerprint density at radius 1 is 1.26 bits per heavy atom. The zero-order valence-corrected chi connectivity index (χ0v) is 11.0. The van der Waals surface area contributed by atoms with Crippen LogP contribution in [-0.4, -0.2) is 25.0 Å². The molecule has 1 aromatic carbocycles. The molecule has 0 unspecified atom stereocenters. The molecule has 0 aromatic heterocycles. The van der Waals surface area contributed by atoms with E-state index in [1.54, 1.807) is 12.1 Å². The summed E-state index contributed by atoms with van der Waals surface area (Å²) in [4.78, 5) is 2.18. The Hall–Kier alpha value is -1.07. The Morgan fingerprint density at radius 2 is 1.89 bits per heavy atom. The molecule has 2 N–H and O–H groups in total. The number of rotatable bonds is 2. The predicted molar refractivity (Wildman–Crippen MR) is 68.6 cm³/mol. The first-order valence-electron chi connectivity index (χ1n) is 6.51. The van der Waals surface area contributed by atoms with Crippen molar-refractivity contribution in [3.8, 4) is 0 Å². The monoisotopic (exact) mass is 272 g/mol. The van der Waals surface area contributed by atoms with Gasteiger partial charge in [0.1, 0.15) is 0 Å². The zero-order valence-electron chi connectivity index (χ0n) is 11.0. The lowest BCUT2D eigenvalue weighted by Gasteiger charge is -2.39. The third kappa shape index (κ3) is 3.09. The molecule has 0 saturated carbocycles. The number of piperidine rings is 1. The smallest absolute Gasteiger partial charge is 0.330 e. The van der Waals surface area contributed by atoms with Gasteiger partial charge in [0.25, 0.3) is 0 Å². The van der Waals surface area contributed by atoms with Crippen LogP contribution in [0.4, 0.5) is 13.2 Å². The highest BCUT2D eigenvalue weighted by molar-refractivity contribution is 5.27. The summed E-state index contributed by atoms with van der Waals surface area (Å²) < 4.78 is 37.7. The van der Waals surface area contributed by atoms with Crippen LogP contribution in [0.15, 0.2) is 24.3 Å². The average Bonchev–Trinajstić information content (AvgIpc) is 2.37. The average molecular weight is 272 g/mol. The number of hydrogen-bond acceptors (Lipinski definition) is 2. The first-order valence-corrected chi connectivity index (χ1v) is 6.51. The van der Waals surface area contributed by atoms with Gasteiger partial charge in [-0.05, 0) is 56.6 Å². The van der Waals surface area contributed by atoms with Gasteiger partial charge < -0.3 is 5.73 Å². The quantitative estimate of drug-likeness (QED) is 0.896. The van der Waals surface area contributed by atoms with Gasteiger partial charge in [0.05, 0.1) is 5.56 Å². The molecule has 0 bridgehead atoms. The molecule has 0 radical (unpaired) electrons. The Labute approximate surface area is 111 Å². The van der Waals surface area contributed by atoms with Crippen molar-refractivity contribution in [1.29, 1.82) is 0 Å². The molecule has 0 aliphatic carbocycles. The number of benzene rings is 1. The summed E-state index contributed by atoms with van der Waals surface area (Å²) in [5.74, 6) is 0.315. The van der Waals surface area contributed by atoms with Crippen molar-refractivity contribution >= 4 is 0 Å². The van der Waals surface area contributed by atoms with Gasteiger partial charge in [0.2, 0.25) is 0 Å². The fourth-order valence-corrected chi connectivity index (χ4v) is 2.90. The molecule has 0 amide bonds. The lowest BCUT2D eigenvalue weighted by Crippen LogP contribution is -2.39. The van der Waals surface area contributed by atoms with Crippen LogP contribution in [0, 0.1) is 5.92 Å². The van der Waals surface area contributed by atoms with Crippen molar-refractivity contribution in [2.45, 2.75) is 25.1 Å². The Balaban J connectivity index is 2.24. The normalized spacial score (nSPS) is 25.5. The van der Waals surface area contributed by atoms with Gasteiger partial charge in [-0.3, -0.25) is 4.90 Å². The van der Waals surface area contributed by atoms with Crippen LogP contribution in [0.2, 0.25) is 0 Å². The van der Waals surface area contributed by atoms with Crippen LogP contribution < -0.4 is 5.73 Å². The fraction of sp³-hybridized carbons (Fsp3) is 0.571.